The summed E-state index contributed by atoms with van der Waals surface area (Å²) in [5, 5.41) is 6.28. The summed E-state index contributed by atoms with van der Waals surface area (Å²) in [4.78, 5) is 25.0. The summed E-state index contributed by atoms with van der Waals surface area (Å²) in [7, 11) is 3.43. The van der Waals surface area contributed by atoms with Crippen LogP contribution in [0.15, 0.2) is 41.4 Å². The van der Waals surface area contributed by atoms with E-state index in [4.69, 9.17) is 0 Å². The van der Waals surface area contributed by atoms with E-state index < -0.39 is 6.36 Å². The zero-order chi connectivity index (χ0) is 22.9. The van der Waals surface area contributed by atoms with Gasteiger partial charge in [-0.15, -0.1) is 13.2 Å². The third-order valence-corrected chi connectivity index (χ3v) is 5.43. The van der Waals surface area contributed by atoms with Gasteiger partial charge in [0.2, 0.25) is 5.95 Å². The number of anilines is 2. The first-order chi connectivity index (χ1) is 15.2. The standard InChI is InChI=1S/C20H17F3N6O2S/c1-24-7-8-25-17(30)11-3-6-15-14(9-11)26-18(29(15)2)28-19-27-13-5-4-12(10-16(13)32-19)31-20(21,22)23/h3-7,9-10H,8H2,1-2H3,(H,25,30)(H,26,27,28). The predicted molar refractivity (Wildman–Crippen MR) is 117 cm³/mol. The van der Waals surface area contributed by atoms with Crippen molar-refractivity contribution in [3.63, 3.8) is 0 Å². The van der Waals surface area contributed by atoms with E-state index in [1.165, 1.54) is 29.5 Å². The highest BCUT2D eigenvalue weighted by Crippen LogP contribution is 2.33. The molecule has 0 aliphatic carbocycles. The number of alkyl halides is 3. The van der Waals surface area contributed by atoms with Gasteiger partial charge in [0, 0.05) is 31.9 Å². The molecule has 0 atom stereocenters. The number of carbonyl (C=O) groups excluding carboxylic acids is 1. The van der Waals surface area contributed by atoms with Crippen LogP contribution in [0.2, 0.25) is 0 Å². The summed E-state index contributed by atoms with van der Waals surface area (Å²) in [6.07, 6.45) is -3.17. The fraction of sp³-hybridized carbons (Fsp3) is 0.200. The molecule has 0 saturated carbocycles. The molecule has 1 amide bonds. The van der Waals surface area contributed by atoms with Crippen molar-refractivity contribution in [2.45, 2.75) is 6.36 Å². The van der Waals surface area contributed by atoms with Crippen LogP contribution in [0.25, 0.3) is 21.3 Å². The molecule has 0 unspecified atom stereocenters. The first kappa shape index (κ1) is 21.6. The number of nitrogens with zero attached hydrogens (tertiary/aromatic N) is 4. The number of rotatable bonds is 6. The summed E-state index contributed by atoms with van der Waals surface area (Å²) < 4.78 is 43.6. The Kier molecular flexibility index (Phi) is 5.70. The first-order valence-electron chi connectivity index (χ1n) is 9.32. The number of nitrogens with one attached hydrogen (secondary N) is 2. The fourth-order valence-corrected chi connectivity index (χ4v) is 3.92. The number of amides is 1. The lowest BCUT2D eigenvalue weighted by molar-refractivity contribution is -0.274. The summed E-state index contributed by atoms with van der Waals surface area (Å²) in [6, 6.07) is 9.13. The quantitative estimate of drug-likeness (QED) is 0.418. The molecule has 0 radical (unpaired) electrons. The summed E-state index contributed by atoms with van der Waals surface area (Å²) >= 11 is 1.17. The Balaban J connectivity index is 1.57. The number of aromatic nitrogens is 3. The monoisotopic (exact) mass is 462 g/mol. The fourth-order valence-electron chi connectivity index (χ4n) is 3.04. The molecule has 2 aromatic carbocycles. The number of benzene rings is 2. The van der Waals surface area contributed by atoms with E-state index in [1.54, 1.807) is 43.1 Å². The molecule has 4 aromatic rings. The number of aryl methyl sites for hydroxylation is 1. The molecule has 0 aliphatic heterocycles. The van der Waals surface area contributed by atoms with Crippen molar-refractivity contribution in [1.29, 1.82) is 0 Å². The Morgan fingerprint density at radius 3 is 2.78 bits per heavy atom. The molecule has 8 nitrogen and oxygen atoms in total. The summed E-state index contributed by atoms with van der Waals surface area (Å²) in [5.41, 5.74) is 2.39. The van der Waals surface area contributed by atoms with Crippen LogP contribution in [-0.4, -0.2) is 46.6 Å². The minimum atomic E-state index is -4.76. The van der Waals surface area contributed by atoms with Gasteiger partial charge in [-0.25, -0.2) is 9.97 Å². The van der Waals surface area contributed by atoms with E-state index in [9.17, 15) is 18.0 Å². The van der Waals surface area contributed by atoms with Gasteiger partial charge in [0.1, 0.15) is 5.75 Å². The van der Waals surface area contributed by atoms with Crippen molar-refractivity contribution in [3.05, 3.63) is 42.0 Å². The molecule has 32 heavy (non-hydrogen) atoms. The molecule has 2 aromatic heterocycles. The van der Waals surface area contributed by atoms with Crippen molar-refractivity contribution in [2.24, 2.45) is 12.0 Å². The topological polar surface area (TPSA) is 93.4 Å². The number of ether oxygens (including phenoxy) is 1. The largest absolute Gasteiger partial charge is 0.573 e. The minimum absolute atomic E-state index is 0.241. The number of fused-ring (bicyclic) bond motifs is 2. The normalized spacial score (nSPS) is 12.0. The first-order valence-corrected chi connectivity index (χ1v) is 10.1. The third-order valence-electron chi connectivity index (χ3n) is 4.49. The molecule has 2 heterocycles. The maximum Gasteiger partial charge on any atom is 0.573 e. The predicted octanol–water partition coefficient (Wildman–Crippen LogP) is 4.26. The van der Waals surface area contributed by atoms with Gasteiger partial charge in [0.05, 0.1) is 27.8 Å². The molecule has 166 valence electrons. The van der Waals surface area contributed by atoms with Crippen molar-refractivity contribution >= 4 is 55.8 Å². The average molecular weight is 462 g/mol. The molecule has 0 saturated heterocycles. The Morgan fingerprint density at radius 2 is 2.03 bits per heavy atom. The van der Waals surface area contributed by atoms with E-state index in [0.29, 0.717) is 38.9 Å². The van der Waals surface area contributed by atoms with E-state index >= 15 is 0 Å². The molecule has 0 spiro atoms. The van der Waals surface area contributed by atoms with Gasteiger partial charge in [-0.1, -0.05) is 11.3 Å². The number of thiazole rings is 1. The Morgan fingerprint density at radius 1 is 1.22 bits per heavy atom. The maximum absolute atomic E-state index is 12.4. The molecule has 2 N–H and O–H groups in total. The van der Waals surface area contributed by atoms with E-state index in [-0.39, 0.29) is 11.7 Å². The number of carbonyl (C=O) groups is 1. The smallest absolute Gasteiger partial charge is 0.406 e. The summed E-state index contributed by atoms with van der Waals surface area (Å²) in [5.74, 6) is -0.0737. The van der Waals surface area contributed by atoms with E-state index in [2.05, 4.69) is 30.3 Å². The van der Waals surface area contributed by atoms with Crippen LogP contribution >= 0.6 is 11.3 Å². The van der Waals surface area contributed by atoms with Crippen LogP contribution in [0.5, 0.6) is 5.75 Å². The van der Waals surface area contributed by atoms with E-state index in [1.807, 2.05) is 0 Å². The lowest BCUT2D eigenvalue weighted by Crippen LogP contribution is -2.25. The third kappa shape index (κ3) is 4.64. The van der Waals surface area contributed by atoms with E-state index in [0.717, 1.165) is 5.52 Å². The van der Waals surface area contributed by atoms with Gasteiger partial charge in [-0.2, -0.15) is 0 Å². The molecule has 4 rings (SSSR count). The van der Waals surface area contributed by atoms with Crippen LogP contribution < -0.4 is 15.4 Å². The number of halogens is 3. The van der Waals surface area contributed by atoms with Crippen molar-refractivity contribution in [2.75, 3.05) is 18.9 Å². The highest BCUT2D eigenvalue weighted by molar-refractivity contribution is 7.22. The van der Waals surface area contributed by atoms with Crippen LogP contribution in [0.3, 0.4) is 0 Å². The average Bonchev–Trinajstić information content (AvgIpc) is 3.26. The lowest BCUT2D eigenvalue weighted by Gasteiger charge is -2.07. The molecule has 0 bridgehead atoms. The second-order valence-corrected chi connectivity index (χ2v) is 7.70. The SMILES string of the molecule is CN=CCNC(=O)c1ccc2c(c1)nc(Nc1nc3ccc(OC(F)(F)F)cc3s1)n2C. The van der Waals surface area contributed by atoms with Crippen LogP contribution in [-0.2, 0) is 7.05 Å². The molecular formula is C20H17F3N6O2S. The van der Waals surface area contributed by atoms with Gasteiger partial charge in [0.25, 0.3) is 5.91 Å². The van der Waals surface area contributed by atoms with Gasteiger partial charge < -0.3 is 19.9 Å². The molecule has 12 heteroatoms. The van der Waals surface area contributed by atoms with Crippen LogP contribution in [0.1, 0.15) is 10.4 Å². The molecule has 0 fully saturated rings. The second-order valence-electron chi connectivity index (χ2n) is 6.67. The Labute approximate surface area is 183 Å². The van der Waals surface area contributed by atoms with Crippen LogP contribution in [0, 0.1) is 0 Å². The lowest BCUT2D eigenvalue weighted by atomic mass is 10.2. The number of hydrogen-bond donors (Lipinski definition) is 2. The van der Waals surface area contributed by atoms with Gasteiger partial charge in [-0.3, -0.25) is 9.79 Å². The molecular weight excluding hydrogens is 445 g/mol. The number of imidazole rings is 1. The maximum atomic E-state index is 12.4. The number of aliphatic imine (C=N–C) groups is 1. The Bertz CT molecular complexity index is 1330. The zero-order valence-corrected chi connectivity index (χ0v) is 17.7. The highest BCUT2D eigenvalue weighted by atomic mass is 32.1. The van der Waals surface area contributed by atoms with Gasteiger partial charge in [-0.05, 0) is 30.3 Å². The van der Waals surface area contributed by atoms with Crippen molar-refractivity contribution in [3.8, 4) is 5.75 Å². The van der Waals surface area contributed by atoms with Crippen molar-refractivity contribution in [1.82, 2.24) is 19.9 Å². The van der Waals surface area contributed by atoms with Gasteiger partial charge >= 0.3 is 6.36 Å². The number of hydrogen-bond acceptors (Lipinski definition) is 7. The Hall–Kier alpha value is -3.67. The zero-order valence-electron chi connectivity index (χ0n) is 16.9. The van der Waals surface area contributed by atoms with Crippen molar-refractivity contribution < 1.29 is 22.7 Å². The van der Waals surface area contributed by atoms with Crippen LogP contribution in [0.4, 0.5) is 24.3 Å². The summed E-state index contributed by atoms with van der Waals surface area (Å²) in [6.45, 7) is 0.329. The highest BCUT2D eigenvalue weighted by Gasteiger charge is 2.31. The second kappa shape index (κ2) is 8.46. The molecule has 0 aliphatic rings. The minimum Gasteiger partial charge on any atom is -0.406 e. The van der Waals surface area contributed by atoms with Gasteiger partial charge in [0.15, 0.2) is 5.13 Å².